The first-order valence-corrected chi connectivity index (χ1v) is 8.46. The van der Waals surface area contributed by atoms with E-state index in [1.165, 1.54) is 7.11 Å². The fraction of sp³-hybridized carbons (Fsp3) is 0.333. The smallest absolute Gasteiger partial charge is 0.320 e. The van der Waals surface area contributed by atoms with Crippen LogP contribution in [0.15, 0.2) is 24.3 Å². The van der Waals surface area contributed by atoms with Gasteiger partial charge in [0.2, 0.25) is 0 Å². The molecule has 2 aromatic heterocycles. The minimum absolute atomic E-state index is 0.108. The average molecular weight is 368 g/mol. The average Bonchev–Trinajstić information content (AvgIpc) is 3.03. The van der Waals surface area contributed by atoms with E-state index in [0.717, 1.165) is 5.56 Å². The number of benzene rings is 1. The van der Waals surface area contributed by atoms with E-state index in [4.69, 9.17) is 25.6 Å². The molecule has 0 bridgehead atoms. The second-order valence-electron chi connectivity index (χ2n) is 5.84. The van der Waals surface area contributed by atoms with Crippen LogP contribution < -0.4 is 15.2 Å². The zero-order valence-corrected chi connectivity index (χ0v) is 14.9. The van der Waals surface area contributed by atoms with Crippen LogP contribution in [-0.2, 0) is 6.54 Å². The fourth-order valence-corrected chi connectivity index (χ4v) is 2.64. The predicted molar refractivity (Wildman–Crippen MR) is 98.4 cm³/mol. The summed E-state index contributed by atoms with van der Waals surface area (Å²) in [7, 11) is 1.51. The lowest BCUT2D eigenvalue weighted by Gasteiger charge is -2.09. The maximum Gasteiger partial charge on any atom is 0.320 e. The number of nitriles is 1. The monoisotopic (exact) mass is 368 g/mol. The van der Waals surface area contributed by atoms with E-state index in [1.54, 1.807) is 16.7 Å². The highest BCUT2D eigenvalue weighted by Gasteiger charge is 2.18. The Balaban J connectivity index is 1.97. The molecule has 2 heterocycles. The van der Waals surface area contributed by atoms with E-state index in [0.29, 0.717) is 48.7 Å². The largest absolute Gasteiger partial charge is 0.468 e. The number of imidazole rings is 1. The highest BCUT2D eigenvalue weighted by Crippen LogP contribution is 2.26. The minimum atomic E-state index is 0.108. The number of unbranched alkanes of at least 4 members (excludes halogenated alkanes) is 1. The van der Waals surface area contributed by atoms with Gasteiger partial charge in [-0.15, -0.1) is 0 Å². The molecular formula is C18H20N6O3. The van der Waals surface area contributed by atoms with Gasteiger partial charge >= 0.3 is 6.01 Å². The van der Waals surface area contributed by atoms with Gasteiger partial charge in [-0.1, -0.05) is 12.1 Å². The summed E-state index contributed by atoms with van der Waals surface area (Å²) < 4.78 is 12.7. The molecule has 0 unspecified atom stereocenters. The van der Waals surface area contributed by atoms with Crippen LogP contribution in [0.1, 0.15) is 24.0 Å². The Morgan fingerprint density at radius 2 is 2.11 bits per heavy atom. The second kappa shape index (κ2) is 8.33. The molecule has 3 rings (SSSR count). The molecule has 0 spiro atoms. The lowest BCUT2D eigenvalue weighted by atomic mass is 10.1. The van der Waals surface area contributed by atoms with Gasteiger partial charge in [0.25, 0.3) is 6.01 Å². The quantitative estimate of drug-likeness (QED) is 0.572. The van der Waals surface area contributed by atoms with Crippen LogP contribution in [0.3, 0.4) is 0 Å². The third-order valence-electron chi connectivity index (χ3n) is 3.93. The SMILES string of the molecule is COc1nc2c(N)nc(OCCCCO)nc2n1Cc1cccc(C#N)c1. The van der Waals surface area contributed by atoms with Gasteiger partial charge < -0.3 is 20.3 Å². The van der Waals surface area contributed by atoms with E-state index < -0.39 is 0 Å². The third-order valence-corrected chi connectivity index (χ3v) is 3.93. The predicted octanol–water partition coefficient (Wildman–Crippen LogP) is 1.49. The van der Waals surface area contributed by atoms with Crippen molar-refractivity contribution in [3.05, 3.63) is 35.4 Å². The molecule has 3 N–H and O–H groups in total. The molecule has 0 atom stereocenters. The minimum Gasteiger partial charge on any atom is -0.468 e. The van der Waals surface area contributed by atoms with E-state index >= 15 is 0 Å². The number of anilines is 1. The fourth-order valence-electron chi connectivity index (χ4n) is 2.64. The summed E-state index contributed by atoms with van der Waals surface area (Å²) >= 11 is 0. The van der Waals surface area contributed by atoms with Crippen LogP contribution in [0.4, 0.5) is 5.82 Å². The molecule has 0 amide bonds. The van der Waals surface area contributed by atoms with Crippen LogP contribution in [0.25, 0.3) is 11.2 Å². The van der Waals surface area contributed by atoms with E-state index in [9.17, 15) is 0 Å². The van der Waals surface area contributed by atoms with Crippen LogP contribution >= 0.6 is 0 Å². The van der Waals surface area contributed by atoms with Crippen molar-refractivity contribution in [3.8, 4) is 18.1 Å². The van der Waals surface area contributed by atoms with Gasteiger partial charge in [0.15, 0.2) is 17.0 Å². The Labute approximate surface area is 156 Å². The summed E-state index contributed by atoms with van der Waals surface area (Å²) in [4.78, 5) is 12.9. The summed E-state index contributed by atoms with van der Waals surface area (Å²) in [6, 6.07) is 9.87. The molecule has 9 nitrogen and oxygen atoms in total. The summed E-state index contributed by atoms with van der Waals surface area (Å²) in [5.74, 6) is 0.194. The summed E-state index contributed by atoms with van der Waals surface area (Å²) in [6.07, 6.45) is 1.32. The molecule has 0 aliphatic heterocycles. The molecule has 3 aromatic rings. The number of aliphatic hydroxyl groups excluding tert-OH is 1. The molecule has 1 aromatic carbocycles. The first kappa shape index (κ1) is 18.4. The van der Waals surface area contributed by atoms with Gasteiger partial charge in [-0.3, -0.25) is 4.57 Å². The number of aromatic nitrogens is 4. The first-order valence-electron chi connectivity index (χ1n) is 8.46. The highest BCUT2D eigenvalue weighted by atomic mass is 16.5. The molecular weight excluding hydrogens is 348 g/mol. The number of nitrogen functional groups attached to an aromatic ring is 1. The van der Waals surface area contributed by atoms with Crippen molar-refractivity contribution in [2.24, 2.45) is 0 Å². The van der Waals surface area contributed by atoms with Crippen LogP contribution in [0, 0.1) is 11.3 Å². The topological polar surface area (TPSA) is 132 Å². The summed E-state index contributed by atoms with van der Waals surface area (Å²) in [6.45, 7) is 0.883. The number of nitrogens with two attached hydrogens (primary N) is 1. The van der Waals surface area contributed by atoms with Gasteiger partial charge in [-0.25, -0.2) is 0 Å². The number of hydrogen-bond donors (Lipinski definition) is 2. The van der Waals surface area contributed by atoms with E-state index in [-0.39, 0.29) is 18.4 Å². The van der Waals surface area contributed by atoms with Crippen LogP contribution in [0.2, 0.25) is 0 Å². The molecule has 140 valence electrons. The number of aliphatic hydroxyl groups is 1. The molecule has 0 radical (unpaired) electrons. The van der Waals surface area contributed by atoms with Crippen molar-refractivity contribution in [1.29, 1.82) is 5.26 Å². The van der Waals surface area contributed by atoms with Gasteiger partial charge in [-0.2, -0.15) is 20.2 Å². The maximum absolute atomic E-state index is 9.09. The number of fused-ring (bicyclic) bond motifs is 1. The van der Waals surface area contributed by atoms with Crippen molar-refractivity contribution < 1.29 is 14.6 Å². The Kier molecular flexibility index (Phi) is 5.68. The van der Waals surface area contributed by atoms with Gasteiger partial charge in [0, 0.05) is 6.61 Å². The van der Waals surface area contributed by atoms with Crippen molar-refractivity contribution in [1.82, 2.24) is 19.5 Å². The third kappa shape index (κ3) is 4.07. The number of methoxy groups -OCH3 is 1. The zero-order valence-electron chi connectivity index (χ0n) is 14.9. The van der Waals surface area contributed by atoms with Crippen LogP contribution in [-0.4, -0.2) is 44.9 Å². The van der Waals surface area contributed by atoms with Crippen molar-refractivity contribution >= 4 is 17.0 Å². The van der Waals surface area contributed by atoms with Gasteiger partial charge in [0.1, 0.15) is 0 Å². The normalized spacial score (nSPS) is 10.7. The van der Waals surface area contributed by atoms with Gasteiger partial charge in [-0.05, 0) is 30.5 Å². The molecule has 9 heteroatoms. The molecule has 0 fully saturated rings. The molecule has 0 saturated heterocycles. The number of rotatable bonds is 8. The van der Waals surface area contributed by atoms with Crippen molar-refractivity contribution in [2.45, 2.75) is 19.4 Å². The number of hydrogen-bond acceptors (Lipinski definition) is 8. The van der Waals surface area contributed by atoms with Gasteiger partial charge in [0.05, 0.1) is 31.9 Å². The number of nitrogens with zero attached hydrogens (tertiary/aromatic N) is 5. The Morgan fingerprint density at radius 1 is 1.26 bits per heavy atom. The Morgan fingerprint density at radius 3 is 2.85 bits per heavy atom. The lowest BCUT2D eigenvalue weighted by molar-refractivity contribution is 0.244. The highest BCUT2D eigenvalue weighted by molar-refractivity contribution is 5.83. The summed E-state index contributed by atoms with van der Waals surface area (Å²) in [5, 5.41) is 17.9. The molecule has 0 aliphatic rings. The first-order chi connectivity index (χ1) is 13.2. The molecule has 27 heavy (non-hydrogen) atoms. The Bertz CT molecular complexity index is 979. The standard InChI is InChI=1S/C18H20N6O3/c1-26-18-21-14-15(20)22-17(27-8-3-2-7-25)23-16(14)24(18)11-13-6-4-5-12(9-13)10-19/h4-6,9,25H,2-3,7-8,11H2,1H3,(H2,20,22,23). The van der Waals surface area contributed by atoms with E-state index in [2.05, 4.69) is 21.0 Å². The summed E-state index contributed by atoms with van der Waals surface area (Å²) in [5.41, 5.74) is 8.39. The second-order valence-corrected chi connectivity index (χ2v) is 5.84. The number of ether oxygens (including phenoxy) is 2. The molecule has 0 saturated carbocycles. The van der Waals surface area contributed by atoms with Crippen molar-refractivity contribution in [3.63, 3.8) is 0 Å². The van der Waals surface area contributed by atoms with E-state index in [1.807, 2.05) is 12.1 Å². The maximum atomic E-state index is 9.09. The van der Waals surface area contributed by atoms with Crippen molar-refractivity contribution in [2.75, 3.05) is 26.1 Å². The molecule has 0 aliphatic carbocycles. The van der Waals surface area contributed by atoms with Crippen LogP contribution in [0.5, 0.6) is 12.0 Å². The lowest BCUT2D eigenvalue weighted by Crippen LogP contribution is -2.07. The Hall–Kier alpha value is -3.38. The zero-order chi connectivity index (χ0) is 19.2.